The highest BCUT2D eigenvalue weighted by atomic mass is 35.5. The van der Waals surface area contributed by atoms with Crippen molar-refractivity contribution in [3.63, 3.8) is 0 Å². The third kappa shape index (κ3) is 3.31. The number of halogens is 2. The summed E-state index contributed by atoms with van der Waals surface area (Å²) < 4.78 is 9.95. The number of aryl methyl sites for hydroxylation is 1. The zero-order valence-corrected chi connectivity index (χ0v) is 13.1. The Morgan fingerprint density at radius 2 is 1.71 bits per heavy atom. The van der Waals surface area contributed by atoms with Crippen LogP contribution in [0.5, 0.6) is 0 Å². The summed E-state index contributed by atoms with van der Waals surface area (Å²) in [6, 6.07) is 3.42. The Bertz CT molecular complexity index is 631. The number of cyclic esters (lactones) is 2. The molecule has 0 aromatic heterocycles. The number of benzene rings is 1. The van der Waals surface area contributed by atoms with Crippen molar-refractivity contribution in [3.8, 4) is 0 Å². The fourth-order valence-corrected chi connectivity index (χ4v) is 2.19. The van der Waals surface area contributed by atoms with Gasteiger partial charge in [-0.25, -0.2) is 9.59 Å². The average Bonchev–Trinajstić information content (AvgIpc) is 2.35. The van der Waals surface area contributed by atoms with Gasteiger partial charge in [-0.05, 0) is 18.6 Å². The van der Waals surface area contributed by atoms with Crippen LogP contribution >= 0.6 is 23.2 Å². The van der Waals surface area contributed by atoms with Crippen LogP contribution in [0.4, 0.5) is 5.69 Å². The van der Waals surface area contributed by atoms with Crippen LogP contribution in [0.3, 0.4) is 0 Å². The molecule has 0 aliphatic carbocycles. The Labute approximate surface area is 131 Å². The van der Waals surface area contributed by atoms with E-state index in [-0.39, 0.29) is 5.57 Å². The molecule has 21 heavy (non-hydrogen) atoms. The van der Waals surface area contributed by atoms with Crippen LogP contribution in [0.2, 0.25) is 10.0 Å². The topological polar surface area (TPSA) is 64.6 Å². The van der Waals surface area contributed by atoms with Crippen molar-refractivity contribution < 1.29 is 19.1 Å². The number of esters is 2. The van der Waals surface area contributed by atoms with Gasteiger partial charge in [-0.1, -0.05) is 29.3 Å². The first kappa shape index (κ1) is 15.7. The van der Waals surface area contributed by atoms with Crippen molar-refractivity contribution in [3.05, 3.63) is 39.5 Å². The predicted octanol–water partition coefficient (Wildman–Crippen LogP) is 3.43. The lowest BCUT2D eigenvalue weighted by atomic mass is 10.2. The van der Waals surface area contributed by atoms with E-state index < -0.39 is 17.7 Å². The van der Waals surface area contributed by atoms with E-state index in [1.54, 1.807) is 12.1 Å². The quantitative estimate of drug-likeness (QED) is 0.511. The Balaban J connectivity index is 2.28. The molecule has 0 unspecified atom stereocenters. The van der Waals surface area contributed by atoms with Crippen LogP contribution < -0.4 is 5.32 Å². The van der Waals surface area contributed by atoms with Crippen molar-refractivity contribution in [1.82, 2.24) is 0 Å². The molecule has 1 heterocycles. The summed E-state index contributed by atoms with van der Waals surface area (Å²) in [6.45, 7) is 4.76. The minimum atomic E-state index is -1.27. The highest BCUT2D eigenvalue weighted by Crippen LogP contribution is 2.33. The maximum absolute atomic E-state index is 11.8. The number of hydrogen-bond donors (Lipinski definition) is 1. The van der Waals surface area contributed by atoms with E-state index >= 15 is 0 Å². The highest BCUT2D eigenvalue weighted by Gasteiger charge is 2.39. The molecule has 0 spiro atoms. The number of carbonyl (C=O) groups excluding carboxylic acids is 2. The lowest BCUT2D eigenvalue weighted by Crippen LogP contribution is -2.42. The molecule has 1 aromatic carbocycles. The van der Waals surface area contributed by atoms with E-state index in [9.17, 15) is 9.59 Å². The molecule has 1 N–H and O–H groups in total. The Morgan fingerprint density at radius 3 is 2.29 bits per heavy atom. The molecule has 1 aromatic rings. The van der Waals surface area contributed by atoms with Crippen LogP contribution in [-0.2, 0) is 19.1 Å². The lowest BCUT2D eigenvalue weighted by molar-refractivity contribution is -0.222. The third-order valence-electron chi connectivity index (χ3n) is 2.76. The number of ether oxygens (including phenoxy) is 2. The number of carbonyl (C=O) groups is 2. The molecule has 112 valence electrons. The predicted molar refractivity (Wildman–Crippen MR) is 79.2 cm³/mol. The smallest absolute Gasteiger partial charge is 0.350 e. The molecule has 1 saturated heterocycles. The van der Waals surface area contributed by atoms with Gasteiger partial charge in [0, 0.05) is 20.0 Å². The maximum Gasteiger partial charge on any atom is 0.350 e. The number of nitrogens with one attached hydrogen (secondary N) is 1. The third-order valence-corrected chi connectivity index (χ3v) is 3.56. The first-order chi connectivity index (χ1) is 9.71. The summed E-state index contributed by atoms with van der Waals surface area (Å²) in [5.74, 6) is -2.82. The minimum Gasteiger partial charge on any atom is -0.419 e. The van der Waals surface area contributed by atoms with Gasteiger partial charge >= 0.3 is 11.9 Å². The molecule has 5 nitrogen and oxygen atoms in total. The van der Waals surface area contributed by atoms with Crippen LogP contribution in [0.25, 0.3) is 0 Å². The molecule has 1 aliphatic rings. The monoisotopic (exact) mass is 329 g/mol. The second-order valence-electron chi connectivity index (χ2n) is 4.93. The molecular weight excluding hydrogens is 317 g/mol. The zero-order valence-electron chi connectivity index (χ0n) is 11.6. The fraction of sp³-hybridized carbons (Fsp3) is 0.286. The van der Waals surface area contributed by atoms with Gasteiger partial charge in [0.1, 0.15) is 0 Å². The van der Waals surface area contributed by atoms with Crippen molar-refractivity contribution in [2.24, 2.45) is 0 Å². The number of anilines is 1. The normalized spacial score (nSPS) is 17.1. The molecule has 0 atom stereocenters. The van der Waals surface area contributed by atoms with E-state index in [4.69, 9.17) is 32.7 Å². The summed E-state index contributed by atoms with van der Waals surface area (Å²) in [5, 5.41) is 3.51. The van der Waals surface area contributed by atoms with E-state index in [0.717, 1.165) is 5.56 Å². The summed E-state index contributed by atoms with van der Waals surface area (Å²) in [7, 11) is 0. The molecule has 0 amide bonds. The van der Waals surface area contributed by atoms with Crippen LogP contribution in [0, 0.1) is 6.92 Å². The first-order valence-corrected chi connectivity index (χ1v) is 6.85. The van der Waals surface area contributed by atoms with Gasteiger partial charge in [0.2, 0.25) is 0 Å². The minimum absolute atomic E-state index is 0.261. The molecule has 0 saturated carbocycles. The average molecular weight is 330 g/mol. The molecule has 0 radical (unpaired) electrons. The van der Waals surface area contributed by atoms with Crippen molar-refractivity contribution in [2.45, 2.75) is 26.6 Å². The van der Waals surface area contributed by atoms with Crippen molar-refractivity contribution in [2.75, 3.05) is 5.32 Å². The van der Waals surface area contributed by atoms with E-state index in [2.05, 4.69) is 5.32 Å². The van der Waals surface area contributed by atoms with Gasteiger partial charge in [-0.2, -0.15) is 0 Å². The standard InChI is InChI=1S/C14H13Cl2NO4/c1-7-4-5-9(15)11(10(7)16)17-6-8-12(18)20-14(2,3)21-13(8)19/h4-6,17H,1-3H3. The van der Waals surface area contributed by atoms with Crippen LogP contribution in [0.1, 0.15) is 19.4 Å². The van der Waals surface area contributed by atoms with E-state index in [1.165, 1.54) is 20.0 Å². The van der Waals surface area contributed by atoms with Gasteiger partial charge < -0.3 is 14.8 Å². The highest BCUT2D eigenvalue weighted by molar-refractivity contribution is 6.39. The SMILES string of the molecule is Cc1ccc(Cl)c(NC=C2C(=O)OC(C)(C)OC2=O)c1Cl. The Morgan fingerprint density at radius 1 is 1.14 bits per heavy atom. The summed E-state index contributed by atoms with van der Waals surface area (Å²) in [4.78, 5) is 23.6. The van der Waals surface area contributed by atoms with Gasteiger partial charge in [0.15, 0.2) is 5.57 Å². The molecular formula is C14H13Cl2NO4. The Kier molecular flexibility index (Phi) is 4.16. The maximum atomic E-state index is 11.8. The van der Waals surface area contributed by atoms with E-state index in [1.807, 2.05) is 6.92 Å². The van der Waals surface area contributed by atoms with Gasteiger partial charge in [0.25, 0.3) is 5.79 Å². The second kappa shape index (κ2) is 5.58. The second-order valence-corrected chi connectivity index (χ2v) is 5.72. The molecule has 1 fully saturated rings. The molecule has 0 bridgehead atoms. The first-order valence-electron chi connectivity index (χ1n) is 6.09. The van der Waals surface area contributed by atoms with Gasteiger partial charge in [-0.15, -0.1) is 0 Å². The lowest BCUT2D eigenvalue weighted by Gasteiger charge is -2.29. The number of rotatable bonds is 2. The fourth-order valence-electron chi connectivity index (χ4n) is 1.71. The van der Waals surface area contributed by atoms with Crippen molar-refractivity contribution in [1.29, 1.82) is 0 Å². The molecule has 1 aliphatic heterocycles. The number of hydrogen-bond acceptors (Lipinski definition) is 5. The Hall–Kier alpha value is -1.72. The summed E-state index contributed by atoms with van der Waals surface area (Å²) >= 11 is 12.2. The zero-order chi connectivity index (χ0) is 15.8. The van der Waals surface area contributed by atoms with Crippen molar-refractivity contribution >= 4 is 40.8 Å². The largest absolute Gasteiger partial charge is 0.419 e. The van der Waals surface area contributed by atoms with Crippen LogP contribution in [0.15, 0.2) is 23.9 Å². The molecule has 2 rings (SSSR count). The van der Waals surface area contributed by atoms with Gasteiger partial charge in [-0.3, -0.25) is 0 Å². The van der Waals surface area contributed by atoms with Crippen LogP contribution in [-0.4, -0.2) is 17.7 Å². The molecule has 7 heteroatoms. The summed E-state index contributed by atoms with van der Waals surface area (Å²) in [5.41, 5.74) is 0.941. The van der Waals surface area contributed by atoms with Gasteiger partial charge in [0.05, 0.1) is 15.7 Å². The summed E-state index contributed by atoms with van der Waals surface area (Å²) in [6.07, 6.45) is 1.17. The van der Waals surface area contributed by atoms with E-state index in [0.29, 0.717) is 15.7 Å².